The van der Waals surface area contributed by atoms with Crippen molar-refractivity contribution in [2.24, 2.45) is 0 Å². The Morgan fingerprint density at radius 1 is 1.17 bits per heavy atom. The van der Waals surface area contributed by atoms with Crippen LogP contribution in [0.5, 0.6) is 0 Å². The number of hydrogen-bond donors (Lipinski definition) is 0. The van der Waals surface area contributed by atoms with Gasteiger partial charge in [0.15, 0.2) is 0 Å². The molecule has 0 unspecified atom stereocenters. The third-order valence-electron chi connectivity index (χ3n) is 1.04. The van der Waals surface area contributed by atoms with Crippen LogP contribution in [0.15, 0.2) is 36.0 Å². The molecular formula is C12H8. The molecule has 0 amide bonds. The Balaban J connectivity index is 4.64. The van der Waals surface area contributed by atoms with Gasteiger partial charge in [-0.3, -0.25) is 0 Å². The average molecular weight is 152 g/mol. The molecule has 0 aliphatic heterocycles. The SMILES string of the molecule is C#CC=CC(C#C)=CC(=C)C#C. The summed E-state index contributed by atoms with van der Waals surface area (Å²) in [6.07, 6.45) is 20.0. The van der Waals surface area contributed by atoms with Crippen molar-refractivity contribution >= 4 is 0 Å². The van der Waals surface area contributed by atoms with E-state index in [9.17, 15) is 0 Å². The monoisotopic (exact) mass is 152 g/mol. The fourth-order valence-corrected chi connectivity index (χ4v) is 0.505. The van der Waals surface area contributed by atoms with E-state index in [4.69, 9.17) is 19.3 Å². The minimum Gasteiger partial charge on any atom is -0.115 e. The lowest BCUT2D eigenvalue weighted by Crippen LogP contribution is -1.74. The summed E-state index contributed by atoms with van der Waals surface area (Å²) < 4.78 is 0. The summed E-state index contributed by atoms with van der Waals surface area (Å²) in [5, 5.41) is 0. The molecule has 0 aromatic carbocycles. The average Bonchev–Trinajstić information content (AvgIpc) is 2.11. The lowest BCUT2D eigenvalue weighted by atomic mass is 10.2. The van der Waals surface area contributed by atoms with Crippen molar-refractivity contribution in [2.45, 2.75) is 0 Å². The summed E-state index contributed by atoms with van der Waals surface area (Å²) in [7, 11) is 0. The second-order valence-electron chi connectivity index (χ2n) is 1.91. The van der Waals surface area contributed by atoms with Crippen LogP contribution in [-0.4, -0.2) is 0 Å². The van der Waals surface area contributed by atoms with Crippen molar-refractivity contribution in [3.63, 3.8) is 0 Å². The number of allylic oxidation sites excluding steroid dienone is 5. The molecule has 56 valence electrons. The van der Waals surface area contributed by atoms with E-state index in [1.54, 1.807) is 12.2 Å². The Labute approximate surface area is 73.7 Å². The number of hydrogen-bond acceptors (Lipinski definition) is 0. The summed E-state index contributed by atoms with van der Waals surface area (Å²) in [5.41, 5.74) is 1.15. The molecule has 0 atom stereocenters. The van der Waals surface area contributed by atoms with E-state index in [1.165, 1.54) is 6.08 Å². The summed E-state index contributed by atoms with van der Waals surface area (Å²) >= 11 is 0. The first-order valence-corrected chi connectivity index (χ1v) is 3.21. The molecule has 0 nitrogen and oxygen atoms in total. The lowest BCUT2D eigenvalue weighted by molar-refractivity contribution is 1.71. The van der Waals surface area contributed by atoms with Crippen molar-refractivity contribution in [3.05, 3.63) is 36.0 Å². The molecule has 0 aromatic rings. The van der Waals surface area contributed by atoms with Gasteiger partial charge in [-0.15, -0.1) is 19.3 Å². The molecule has 0 aromatic heterocycles. The molecule has 0 fully saturated rings. The van der Waals surface area contributed by atoms with E-state index in [-0.39, 0.29) is 0 Å². The van der Waals surface area contributed by atoms with Gasteiger partial charge in [-0.25, -0.2) is 0 Å². The molecule has 0 rings (SSSR count). The molecule has 0 heteroatoms. The summed E-state index contributed by atoms with van der Waals surface area (Å²) in [6.45, 7) is 3.58. The zero-order valence-corrected chi connectivity index (χ0v) is 6.67. The van der Waals surface area contributed by atoms with E-state index in [1.807, 2.05) is 0 Å². The predicted molar refractivity (Wildman–Crippen MR) is 52.9 cm³/mol. The van der Waals surface area contributed by atoms with Crippen molar-refractivity contribution in [2.75, 3.05) is 0 Å². The minimum absolute atomic E-state index is 0.532. The van der Waals surface area contributed by atoms with E-state index in [2.05, 4.69) is 24.3 Å². The predicted octanol–water partition coefficient (Wildman–Crippen LogP) is 1.92. The van der Waals surface area contributed by atoms with Crippen LogP contribution in [0.2, 0.25) is 0 Å². The fourth-order valence-electron chi connectivity index (χ4n) is 0.505. The van der Waals surface area contributed by atoms with Crippen LogP contribution >= 0.6 is 0 Å². The van der Waals surface area contributed by atoms with Crippen LogP contribution in [0, 0.1) is 37.0 Å². The first-order valence-electron chi connectivity index (χ1n) is 3.21. The van der Waals surface area contributed by atoms with Gasteiger partial charge in [0, 0.05) is 11.1 Å². The van der Waals surface area contributed by atoms with Crippen molar-refractivity contribution in [1.29, 1.82) is 0 Å². The van der Waals surface area contributed by atoms with Crippen LogP contribution in [0.1, 0.15) is 0 Å². The minimum atomic E-state index is 0.532. The summed E-state index contributed by atoms with van der Waals surface area (Å²) in [5.74, 6) is 7.10. The van der Waals surface area contributed by atoms with Gasteiger partial charge in [0.25, 0.3) is 0 Å². The van der Waals surface area contributed by atoms with Crippen LogP contribution in [0.3, 0.4) is 0 Å². The highest BCUT2D eigenvalue weighted by molar-refractivity contribution is 5.47. The molecule has 0 N–H and O–H groups in total. The van der Waals surface area contributed by atoms with Crippen LogP contribution in [0.25, 0.3) is 0 Å². The third-order valence-corrected chi connectivity index (χ3v) is 1.04. The van der Waals surface area contributed by atoms with Crippen LogP contribution in [-0.2, 0) is 0 Å². The van der Waals surface area contributed by atoms with Crippen LogP contribution < -0.4 is 0 Å². The second kappa shape index (κ2) is 5.67. The van der Waals surface area contributed by atoms with Gasteiger partial charge >= 0.3 is 0 Å². The highest BCUT2D eigenvalue weighted by Gasteiger charge is 1.85. The maximum Gasteiger partial charge on any atom is 0.0261 e. The first kappa shape index (κ1) is 9.90. The van der Waals surface area contributed by atoms with Crippen molar-refractivity contribution in [1.82, 2.24) is 0 Å². The highest BCUT2D eigenvalue weighted by atomic mass is 13.9. The van der Waals surface area contributed by atoms with Gasteiger partial charge in [-0.05, 0) is 18.2 Å². The quantitative estimate of drug-likeness (QED) is 0.419. The third kappa shape index (κ3) is 3.84. The van der Waals surface area contributed by atoms with E-state index in [0.29, 0.717) is 11.1 Å². The van der Waals surface area contributed by atoms with Gasteiger partial charge in [0.2, 0.25) is 0 Å². The Bertz CT molecular complexity index is 343. The smallest absolute Gasteiger partial charge is 0.0261 e. The topological polar surface area (TPSA) is 0 Å². The van der Waals surface area contributed by atoms with Crippen molar-refractivity contribution < 1.29 is 0 Å². The normalized spacial score (nSPS) is 9.92. The first-order chi connectivity index (χ1) is 5.74. The van der Waals surface area contributed by atoms with Gasteiger partial charge in [-0.1, -0.05) is 24.3 Å². The molecule has 0 heterocycles. The molecule has 0 spiro atoms. The lowest BCUT2D eigenvalue weighted by Gasteiger charge is -1.88. The molecule has 0 radical (unpaired) electrons. The maximum absolute atomic E-state index is 5.17. The van der Waals surface area contributed by atoms with Gasteiger partial charge < -0.3 is 0 Å². The number of terminal acetylenes is 3. The highest BCUT2D eigenvalue weighted by Crippen LogP contribution is 1.99. The Morgan fingerprint density at radius 2 is 1.83 bits per heavy atom. The van der Waals surface area contributed by atoms with E-state index >= 15 is 0 Å². The Morgan fingerprint density at radius 3 is 2.25 bits per heavy atom. The van der Waals surface area contributed by atoms with Gasteiger partial charge in [0.05, 0.1) is 0 Å². The Kier molecular flexibility index (Phi) is 4.68. The summed E-state index contributed by atoms with van der Waals surface area (Å²) in [6, 6.07) is 0. The maximum atomic E-state index is 5.17. The van der Waals surface area contributed by atoms with E-state index in [0.717, 1.165) is 0 Å². The molecule has 12 heavy (non-hydrogen) atoms. The molecule has 0 aliphatic carbocycles. The second-order valence-corrected chi connectivity index (χ2v) is 1.91. The fraction of sp³-hybridized carbons (Fsp3) is 0. The van der Waals surface area contributed by atoms with Crippen molar-refractivity contribution in [3.8, 4) is 37.0 Å². The summed E-state index contributed by atoms with van der Waals surface area (Å²) in [4.78, 5) is 0. The number of rotatable bonds is 2. The largest absolute Gasteiger partial charge is 0.115 e. The molecule has 0 bridgehead atoms. The molecular weight excluding hydrogens is 144 g/mol. The van der Waals surface area contributed by atoms with Gasteiger partial charge in [0.1, 0.15) is 0 Å². The zero-order valence-electron chi connectivity index (χ0n) is 6.67. The molecule has 0 aliphatic rings. The Hall–Kier alpha value is -2.10. The van der Waals surface area contributed by atoms with Gasteiger partial charge in [-0.2, -0.15) is 0 Å². The molecule has 0 saturated carbocycles. The van der Waals surface area contributed by atoms with E-state index < -0.39 is 0 Å². The standard InChI is InChI=1S/C12H8/c1-5-8-9-12(7-3)10-11(4)6-2/h1-3,8-10H,4H2. The van der Waals surface area contributed by atoms with Crippen LogP contribution in [0.4, 0.5) is 0 Å². The zero-order chi connectivity index (χ0) is 9.40. The molecule has 0 saturated heterocycles.